The van der Waals surface area contributed by atoms with Crippen molar-refractivity contribution in [1.29, 1.82) is 0 Å². The second kappa shape index (κ2) is 4.16. The van der Waals surface area contributed by atoms with Crippen LogP contribution in [-0.4, -0.2) is 13.3 Å². The number of carbonyl (C=O) groups excluding carboxylic acids is 1. The first-order chi connectivity index (χ1) is 5.86. The van der Waals surface area contributed by atoms with Crippen molar-refractivity contribution in [3.05, 3.63) is 29.8 Å². The van der Waals surface area contributed by atoms with Gasteiger partial charge in [0.1, 0.15) is 18.4 Å². The maximum Gasteiger partial charge on any atom is 0.222 e. The highest BCUT2D eigenvalue weighted by Crippen LogP contribution is 2.10. The highest BCUT2D eigenvalue weighted by atomic mass is 16.1. The number of nitrogens with zero attached hydrogens (tertiary/aromatic N) is 3. The molecule has 60 valence electrons. The fourth-order valence-corrected chi connectivity index (χ4v) is 0.716. The summed E-state index contributed by atoms with van der Waals surface area (Å²) in [6, 6.07) is 6.77. The summed E-state index contributed by atoms with van der Waals surface area (Å²) in [4.78, 5) is 13.7. The molecule has 0 aliphatic carbocycles. The second-order valence-electron chi connectivity index (χ2n) is 2.10. The van der Waals surface area contributed by atoms with Crippen LogP contribution in [0, 0.1) is 0 Å². The second-order valence-corrected chi connectivity index (χ2v) is 2.10. The Morgan fingerprint density at radius 3 is 2.50 bits per heavy atom. The molecule has 1 aromatic rings. The topological polar surface area (TPSA) is 55.9 Å². The quantitative estimate of drug-likeness (QED) is 0.371. The Morgan fingerprint density at radius 2 is 2.00 bits per heavy atom. The van der Waals surface area contributed by atoms with E-state index in [0.717, 1.165) is 6.29 Å². The number of aldehydes is 1. The Labute approximate surface area is 69.7 Å². The van der Waals surface area contributed by atoms with Gasteiger partial charge in [0.25, 0.3) is 0 Å². The Kier molecular flexibility index (Phi) is 2.87. The summed E-state index contributed by atoms with van der Waals surface area (Å²) in [5.74, 6) is 0. The maximum absolute atomic E-state index is 10.3. The van der Waals surface area contributed by atoms with E-state index in [0.29, 0.717) is 11.3 Å². The van der Waals surface area contributed by atoms with E-state index < -0.39 is 0 Å². The van der Waals surface area contributed by atoms with Gasteiger partial charge in [-0.05, 0) is 24.3 Å². The molecule has 0 aliphatic rings. The number of hydrogen-bond acceptors (Lipinski definition) is 3. The van der Waals surface area contributed by atoms with E-state index in [1.807, 2.05) is 0 Å². The van der Waals surface area contributed by atoms with Gasteiger partial charge in [-0.1, -0.05) is 0 Å². The molecule has 0 heterocycles. The van der Waals surface area contributed by atoms with Gasteiger partial charge in [-0.25, -0.2) is 0 Å². The van der Waals surface area contributed by atoms with Crippen molar-refractivity contribution in [1.82, 2.24) is 4.91 Å². The van der Waals surface area contributed by atoms with Crippen molar-refractivity contribution in [2.45, 2.75) is 0 Å². The molecule has 0 saturated heterocycles. The van der Waals surface area contributed by atoms with Crippen LogP contribution < -0.4 is 4.91 Å². The van der Waals surface area contributed by atoms with Crippen LogP contribution in [0.1, 0.15) is 10.4 Å². The van der Waals surface area contributed by atoms with E-state index in [1.165, 1.54) is 0 Å². The molecule has 0 spiro atoms. The van der Waals surface area contributed by atoms with Crippen LogP contribution in [0.25, 0.3) is 0 Å². The molecule has 0 bridgehead atoms. The average molecular weight is 162 g/mol. The third-order valence-electron chi connectivity index (χ3n) is 1.28. The highest BCUT2D eigenvalue weighted by Gasteiger charge is 1.94. The summed E-state index contributed by atoms with van der Waals surface area (Å²) >= 11 is 0. The zero-order chi connectivity index (χ0) is 8.81. The number of carbonyl (C=O) groups is 1. The Morgan fingerprint density at radius 1 is 1.33 bits per heavy atom. The lowest BCUT2D eigenvalue weighted by atomic mass is 10.2. The summed E-state index contributed by atoms with van der Waals surface area (Å²) in [6.07, 6.45) is 0.783. The van der Waals surface area contributed by atoms with Crippen LogP contribution in [0.5, 0.6) is 0 Å². The highest BCUT2D eigenvalue weighted by molar-refractivity contribution is 5.75. The summed E-state index contributed by atoms with van der Waals surface area (Å²) in [7, 11) is 1.54. The minimum Gasteiger partial charge on any atom is -0.298 e. The van der Waals surface area contributed by atoms with Crippen LogP contribution in [0.4, 0.5) is 5.69 Å². The van der Waals surface area contributed by atoms with Crippen LogP contribution in [0.3, 0.4) is 0 Å². The molecule has 4 nitrogen and oxygen atoms in total. The Bertz CT molecular complexity index is 323. The number of rotatable bonds is 2. The van der Waals surface area contributed by atoms with Crippen molar-refractivity contribution in [3.8, 4) is 0 Å². The summed E-state index contributed by atoms with van der Waals surface area (Å²) in [6.45, 7) is 0. The van der Waals surface area contributed by atoms with E-state index in [2.05, 4.69) is 15.1 Å². The first kappa shape index (κ1) is 8.30. The summed E-state index contributed by atoms with van der Waals surface area (Å²) in [5.41, 5.74) is 1.31. The SMILES string of the molecule is CN=[N+]=Nc1ccc(C=O)cc1. The monoisotopic (exact) mass is 162 g/mol. The van der Waals surface area contributed by atoms with Gasteiger partial charge in [0.2, 0.25) is 4.91 Å². The zero-order valence-electron chi connectivity index (χ0n) is 6.64. The van der Waals surface area contributed by atoms with Gasteiger partial charge >= 0.3 is 0 Å². The normalized spacial score (nSPS) is 8.42. The Hall–Kier alpha value is -1.80. The first-order valence-corrected chi connectivity index (χ1v) is 3.42. The van der Waals surface area contributed by atoms with Crippen molar-refractivity contribution in [3.63, 3.8) is 0 Å². The average Bonchev–Trinajstić information content (AvgIpc) is 2.15. The molecule has 0 aliphatic heterocycles. The van der Waals surface area contributed by atoms with Gasteiger partial charge in [-0.3, -0.25) is 4.79 Å². The van der Waals surface area contributed by atoms with Gasteiger partial charge in [0.15, 0.2) is 10.8 Å². The third kappa shape index (κ3) is 2.11. The van der Waals surface area contributed by atoms with E-state index in [4.69, 9.17) is 0 Å². The molecule has 0 aromatic heterocycles. The largest absolute Gasteiger partial charge is 0.298 e. The molecule has 4 heteroatoms. The number of benzene rings is 1. The first-order valence-electron chi connectivity index (χ1n) is 3.42. The molecule has 0 fully saturated rings. The molecule has 0 atom stereocenters. The molecule has 0 N–H and O–H groups in total. The Balaban J connectivity index is 2.92. The van der Waals surface area contributed by atoms with E-state index >= 15 is 0 Å². The van der Waals surface area contributed by atoms with Gasteiger partial charge in [-0.2, -0.15) is 0 Å². The van der Waals surface area contributed by atoms with Crippen molar-refractivity contribution in [2.75, 3.05) is 7.05 Å². The molecule has 0 radical (unpaired) electrons. The fourth-order valence-electron chi connectivity index (χ4n) is 0.716. The fraction of sp³-hybridized carbons (Fsp3) is 0.125. The molecule has 0 unspecified atom stereocenters. The lowest BCUT2D eigenvalue weighted by Crippen LogP contribution is -1.75. The van der Waals surface area contributed by atoms with Gasteiger partial charge in [0, 0.05) is 5.56 Å². The molecule has 12 heavy (non-hydrogen) atoms. The lowest BCUT2D eigenvalue weighted by Gasteiger charge is -1.85. The van der Waals surface area contributed by atoms with Gasteiger partial charge in [0.05, 0.1) is 0 Å². The molecule has 0 amide bonds. The molecule has 0 saturated carbocycles. The third-order valence-corrected chi connectivity index (χ3v) is 1.28. The summed E-state index contributed by atoms with van der Waals surface area (Å²) < 4.78 is 0. The van der Waals surface area contributed by atoms with E-state index in [-0.39, 0.29) is 0 Å². The predicted octanol–water partition coefficient (Wildman–Crippen LogP) is 1.73. The van der Waals surface area contributed by atoms with Crippen LogP contribution in [-0.2, 0) is 0 Å². The predicted molar refractivity (Wildman–Crippen MR) is 44.4 cm³/mol. The van der Waals surface area contributed by atoms with E-state index in [1.54, 1.807) is 31.3 Å². The van der Waals surface area contributed by atoms with Crippen molar-refractivity contribution in [2.24, 2.45) is 10.2 Å². The molecule has 1 rings (SSSR count). The van der Waals surface area contributed by atoms with Crippen molar-refractivity contribution < 1.29 is 4.79 Å². The summed E-state index contributed by atoms with van der Waals surface area (Å²) in [5, 5.41) is 7.20. The smallest absolute Gasteiger partial charge is 0.222 e. The zero-order valence-corrected chi connectivity index (χ0v) is 6.64. The van der Waals surface area contributed by atoms with E-state index in [9.17, 15) is 4.79 Å². The maximum atomic E-state index is 10.3. The van der Waals surface area contributed by atoms with Crippen LogP contribution in [0.2, 0.25) is 0 Å². The lowest BCUT2D eigenvalue weighted by molar-refractivity contribution is 0.112. The van der Waals surface area contributed by atoms with Crippen LogP contribution in [0.15, 0.2) is 34.5 Å². The molecular weight excluding hydrogens is 154 g/mol. The van der Waals surface area contributed by atoms with Gasteiger partial charge in [-0.15, -0.1) is 0 Å². The minimum atomic E-state index is 0.627. The van der Waals surface area contributed by atoms with Crippen LogP contribution >= 0.6 is 0 Å². The van der Waals surface area contributed by atoms with Gasteiger partial charge < -0.3 is 0 Å². The minimum absolute atomic E-state index is 0.627. The number of hydrogen-bond donors (Lipinski definition) is 0. The molecule has 1 aromatic carbocycles. The molecular formula is C8H8N3O+. The van der Waals surface area contributed by atoms with Crippen molar-refractivity contribution >= 4 is 12.0 Å². The standard InChI is InChI=1S/C8H8N3O/c1-9-11-10-8-4-2-7(6-12)3-5-8/h2-6H,1H3/q+1.